The molecule has 1 aliphatic heterocycles. The molecule has 0 aromatic heterocycles. The smallest absolute Gasteiger partial charge is 0.245 e. The number of nitrogens with one attached hydrogen (secondary N) is 2. The summed E-state index contributed by atoms with van der Waals surface area (Å²) in [6, 6.07) is 7.50. The van der Waals surface area contributed by atoms with Crippen molar-refractivity contribution in [1.29, 1.82) is 0 Å². The van der Waals surface area contributed by atoms with Gasteiger partial charge in [0.05, 0.1) is 0 Å². The van der Waals surface area contributed by atoms with Crippen molar-refractivity contribution < 1.29 is 13.2 Å². The lowest BCUT2D eigenvalue weighted by molar-refractivity contribution is -0.119. The van der Waals surface area contributed by atoms with E-state index < -0.39 is 20.5 Å². The minimum atomic E-state index is -3.48. The summed E-state index contributed by atoms with van der Waals surface area (Å²) in [5, 5.41) is 5.91. The molecule has 0 aliphatic carbocycles. The number of anilines is 1. The number of carbonyl (C=O) groups is 1. The van der Waals surface area contributed by atoms with Crippen LogP contribution in [0.1, 0.15) is 19.8 Å². The van der Waals surface area contributed by atoms with Crippen molar-refractivity contribution in [3.8, 4) is 0 Å². The Bertz CT molecular complexity index is 644. The van der Waals surface area contributed by atoms with Gasteiger partial charge in [-0.1, -0.05) is 13.0 Å². The van der Waals surface area contributed by atoms with E-state index >= 15 is 0 Å². The summed E-state index contributed by atoms with van der Waals surface area (Å²) in [4.78, 5) is 13.7. The molecule has 1 heterocycles. The molecule has 2 rings (SSSR count). The number of thioether (sulfide) groups is 1. The van der Waals surface area contributed by atoms with Gasteiger partial charge in [0, 0.05) is 16.8 Å². The molecule has 0 unspecified atom stereocenters. The Labute approximate surface area is 148 Å². The molecule has 1 fully saturated rings. The first-order valence-electron chi connectivity index (χ1n) is 7.34. The largest absolute Gasteiger partial charge is 0.325 e. The van der Waals surface area contributed by atoms with E-state index in [2.05, 4.69) is 17.6 Å². The molecule has 130 valence electrons. The Morgan fingerprint density at radius 3 is 2.57 bits per heavy atom. The molecule has 1 saturated heterocycles. The molecule has 0 atom stereocenters. The van der Waals surface area contributed by atoms with Crippen molar-refractivity contribution in [2.45, 2.75) is 29.4 Å². The minimum absolute atomic E-state index is 0. The van der Waals surface area contributed by atoms with Crippen LogP contribution in [0.25, 0.3) is 0 Å². The van der Waals surface area contributed by atoms with Gasteiger partial charge >= 0.3 is 0 Å². The zero-order chi connectivity index (χ0) is 16.2. The number of halogens is 1. The fourth-order valence-electron chi connectivity index (χ4n) is 2.67. The fraction of sp³-hybridized carbons (Fsp3) is 0.533. The van der Waals surface area contributed by atoms with E-state index in [1.807, 2.05) is 18.2 Å². The van der Waals surface area contributed by atoms with Gasteiger partial charge in [0.1, 0.15) is 0 Å². The lowest BCUT2D eigenvalue weighted by Crippen LogP contribution is -2.55. The maximum atomic E-state index is 12.7. The topological polar surface area (TPSA) is 75.3 Å². The number of hydrogen-bond donors (Lipinski definition) is 2. The van der Waals surface area contributed by atoms with Gasteiger partial charge in [-0.05, 0) is 49.9 Å². The monoisotopic (exact) mass is 378 g/mol. The molecular formula is C15H23ClN2O3S2. The van der Waals surface area contributed by atoms with Gasteiger partial charge in [-0.25, -0.2) is 8.42 Å². The molecule has 0 radical (unpaired) electrons. The maximum Gasteiger partial charge on any atom is 0.245 e. The highest BCUT2D eigenvalue weighted by Crippen LogP contribution is 2.30. The van der Waals surface area contributed by atoms with Crippen LogP contribution >= 0.6 is 24.2 Å². The highest BCUT2D eigenvalue weighted by Gasteiger charge is 2.48. The van der Waals surface area contributed by atoms with Crippen molar-refractivity contribution in [3.63, 3.8) is 0 Å². The number of benzene rings is 1. The van der Waals surface area contributed by atoms with Crippen molar-refractivity contribution in [1.82, 2.24) is 5.32 Å². The minimum Gasteiger partial charge on any atom is -0.325 e. The zero-order valence-corrected chi connectivity index (χ0v) is 15.7. The zero-order valence-electron chi connectivity index (χ0n) is 13.3. The molecule has 2 N–H and O–H groups in total. The first-order chi connectivity index (χ1) is 10.4. The van der Waals surface area contributed by atoms with Crippen LogP contribution in [0, 0.1) is 0 Å². The average Bonchev–Trinajstić information content (AvgIpc) is 2.47. The van der Waals surface area contributed by atoms with Crippen molar-refractivity contribution in [2.24, 2.45) is 0 Å². The Morgan fingerprint density at radius 1 is 1.35 bits per heavy atom. The third-order valence-corrected chi connectivity index (χ3v) is 6.83. The van der Waals surface area contributed by atoms with Crippen LogP contribution in [0.4, 0.5) is 5.69 Å². The summed E-state index contributed by atoms with van der Waals surface area (Å²) in [5.41, 5.74) is 0.644. The molecule has 5 nitrogen and oxygen atoms in total. The van der Waals surface area contributed by atoms with E-state index in [1.54, 1.807) is 17.8 Å². The SMILES string of the molecule is CCSc1cccc(NC(=O)C2(S(C)(=O)=O)CCNCC2)c1.Cl. The highest BCUT2D eigenvalue weighted by molar-refractivity contribution is 7.99. The third kappa shape index (κ3) is 4.62. The van der Waals surface area contributed by atoms with Crippen LogP contribution in [0.15, 0.2) is 29.2 Å². The summed E-state index contributed by atoms with van der Waals surface area (Å²) < 4.78 is 23.1. The maximum absolute atomic E-state index is 12.7. The van der Waals surface area contributed by atoms with Gasteiger partial charge in [-0.15, -0.1) is 24.2 Å². The molecular weight excluding hydrogens is 356 g/mol. The van der Waals surface area contributed by atoms with Gasteiger partial charge < -0.3 is 10.6 Å². The van der Waals surface area contributed by atoms with Crippen molar-refractivity contribution in [2.75, 3.05) is 30.4 Å². The van der Waals surface area contributed by atoms with Crippen molar-refractivity contribution in [3.05, 3.63) is 24.3 Å². The fourth-order valence-corrected chi connectivity index (χ4v) is 4.72. The molecule has 23 heavy (non-hydrogen) atoms. The number of rotatable bonds is 5. The summed E-state index contributed by atoms with van der Waals surface area (Å²) >= 11 is 1.68. The Morgan fingerprint density at radius 2 is 2.00 bits per heavy atom. The average molecular weight is 379 g/mol. The van der Waals surface area contributed by atoms with Crippen LogP contribution in [0.5, 0.6) is 0 Å². The summed E-state index contributed by atoms with van der Waals surface area (Å²) in [5.74, 6) is 0.520. The molecule has 0 saturated carbocycles. The molecule has 1 aromatic carbocycles. The molecule has 1 aliphatic rings. The second-order valence-corrected chi connectivity index (χ2v) is 9.09. The quantitative estimate of drug-likeness (QED) is 0.769. The van der Waals surface area contributed by atoms with E-state index in [0.29, 0.717) is 31.6 Å². The number of sulfone groups is 1. The summed E-state index contributed by atoms with van der Waals surface area (Å²) in [6.07, 6.45) is 1.77. The summed E-state index contributed by atoms with van der Waals surface area (Å²) in [6.45, 7) is 3.13. The van der Waals surface area contributed by atoms with Crippen LogP contribution < -0.4 is 10.6 Å². The molecule has 1 aromatic rings. The Hall–Kier alpha value is -0.760. The number of carbonyl (C=O) groups excluding carboxylic acids is 1. The van der Waals surface area contributed by atoms with E-state index in [9.17, 15) is 13.2 Å². The lowest BCUT2D eigenvalue weighted by Gasteiger charge is -2.34. The van der Waals surface area contributed by atoms with Crippen LogP contribution in [0.3, 0.4) is 0 Å². The lowest BCUT2D eigenvalue weighted by atomic mass is 9.95. The van der Waals surface area contributed by atoms with Crippen LogP contribution in [-0.4, -0.2) is 44.2 Å². The first-order valence-corrected chi connectivity index (χ1v) is 10.2. The van der Waals surface area contributed by atoms with Gasteiger partial charge in [0.25, 0.3) is 0 Å². The molecule has 8 heteroatoms. The van der Waals surface area contributed by atoms with Crippen LogP contribution in [-0.2, 0) is 14.6 Å². The van der Waals surface area contributed by atoms with Gasteiger partial charge in [0.15, 0.2) is 14.6 Å². The van der Waals surface area contributed by atoms with Crippen molar-refractivity contribution >= 4 is 45.6 Å². The first kappa shape index (κ1) is 20.3. The van der Waals surface area contributed by atoms with Gasteiger partial charge in [-0.2, -0.15) is 0 Å². The predicted octanol–water partition coefficient (Wildman–Crippen LogP) is 2.33. The van der Waals surface area contributed by atoms with E-state index in [0.717, 1.165) is 16.9 Å². The van der Waals surface area contributed by atoms with E-state index in [1.165, 1.54) is 0 Å². The van der Waals surface area contributed by atoms with E-state index in [-0.39, 0.29) is 12.4 Å². The summed E-state index contributed by atoms with van der Waals surface area (Å²) in [7, 11) is -3.48. The highest BCUT2D eigenvalue weighted by atomic mass is 35.5. The Balaban J connectivity index is 0.00000264. The number of amides is 1. The van der Waals surface area contributed by atoms with Gasteiger partial charge in [-0.3, -0.25) is 4.79 Å². The normalized spacial score (nSPS) is 17.1. The number of piperidine rings is 1. The van der Waals surface area contributed by atoms with Gasteiger partial charge in [0.2, 0.25) is 5.91 Å². The standard InChI is InChI=1S/C15H22N2O3S2.ClH/c1-3-21-13-6-4-5-12(11-13)17-14(18)15(22(2,19)20)7-9-16-10-8-15;/h4-6,11,16H,3,7-10H2,1-2H3,(H,17,18);1H. The van der Waals surface area contributed by atoms with E-state index in [4.69, 9.17) is 0 Å². The van der Waals surface area contributed by atoms with Crippen LogP contribution in [0.2, 0.25) is 0 Å². The number of hydrogen-bond acceptors (Lipinski definition) is 5. The second-order valence-electron chi connectivity index (χ2n) is 5.43. The predicted molar refractivity (Wildman–Crippen MR) is 98.4 cm³/mol. The molecule has 0 spiro atoms. The Kier molecular flexibility index (Phi) is 7.38. The molecule has 0 bridgehead atoms. The molecule has 1 amide bonds. The third-order valence-electron chi connectivity index (χ3n) is 3.94. The second kappa shape index (κ2) is 8.37.